The Morgan fingerprint density at radius 3 is 2.42 bits per heavy atom. The van der Waals surface area contributed by atoms with E-state index in [1.807, 2.05) is 36.7 Å². The molecule has 0 unspecified atom stereocenters. The number of rotatable bonds is 5. The Bertz CT molecular complexity index is 915. The Balaban J connectivity index is 1.58. The van der Waals surface area contributed by atoms with Crippen LogP contribution in [0.15, 0.2) is 60.9 Å². The van der Waals surface area contributed by atoms with Gasteiger partial charge in [0.15, 0.2) is 0 Å². The molecule has 0 aliphatic rings. The van der Waals surface area contributed by atoms with Gasteiger partial charge < -0.3 is 15.2 Å². The van der Waals surface area contributed by atoms with Crippen LogP contribution in [0.25, 0.3) is 0 Å². The van der Waals surface area contributed by atoms with Crippen molar-refractivity contribution in [2.45, 2.75) is 13.5 Å². The number of pyridine rings is 1. The number of amides is 2. The third kappa shape index (κ3) is 3.97. The molecule has 2 heterocycles. The molecule has 0 spiro atoms. The molecule has 0 saturated heterocycles. The van der Waals surface area contributed by atoms with Crippen molar-refractivity contribution in [1.29, 1.82) is 0 Å². The van der Waals surface area contributed by atoms with E-state index in [9.17, 15) is 9.59 Å². The smallest absolute Gasteiger partial charge is 0.268 e. The number of hydrogen-bond acceptors (Lipinski definition) is 3. The average molecular weight is 348 g/mol. The Hall–Kier alpha value is -3.41. The normalized spacial score (nSPS) is 10.4. The number of aromatic nitrogens is 2. The summed E-state index contributed by atoms with van der Waals surface area (Å²) in [7, 11) is 1.86. The second-order valence-electron chi connectivity index (χ2n) is 5.99. The largest absolute Gasteiger partial charge is 0.347 e. The molecule has 0 aliphatic heterocycles. The highest BCUT2D eigenvalue weighted by molar-refractivity contribution is 6.04. The maximum absolute atomic E-state index is 12.2. The number of benzene rings is 1. The summed E-state index contributed by atoms with van der Waals surface area (Å²) < 4.78 is 1.85. The molecule has 0 radical (unpaired) electrons. The van der Waals surface area contributed by atoms with Crippen molar-refractivity contribution in [1.82, 2.24) is 14.9 Å². The van der Waals surface area contributed by atoms with E-state index in [-0.39, 0.29) is 11.8 Å². The van der Waals surface area contributed by atoms with Crippen molar-refractivity contribution in [3.8, 4) is 0 Å². The van der Waals surface area contributed by atoms with Gasteiger partial charge in [0, 0.05) is 31.0 Å². The van der Waals surface area contributed by atoms with Crippen molar-refractivity contribution in [2.75, 3.05) is 5.32 Å². The van der Waals surface area contributed by atoms with Crippen LogP contribution >= 0.6 is 0 Å². The van der Waals surface area contributed by atoms with E-state index in [1.54, 1.807) is 42.7 Å². The average Bonchev–Trinajstić information content (AvgIpc) is 3.00. The van der Waals surface area contributed by atoms with Crippen molar-refractivity contribution in [3.63, 3.8) is 0 Å². The highest BCUT2D eigenvalue weighted by atomic mass is 16.2. The summed E-state index contributed by atoms with van der Waals surface area (Å²) in [6, 6.07) is 14.4. The van der Waals surface area contributed by atoms with E-state index in [2.05, 4.69) is 15.6 Å². The quantitative estimate of drug-likeness (QED) is 0.744. The lowest BCUT2D eigenvalue weighted by atomic mass is 10.1. The molecule has 0 bridgehead atoms. The standard InChI is InChI=1S/C20H20N4O2/c1-14-5-10-18(24(14)2)20(26)22-12-15-6-8-16(9-7-15)19(25)23-17-4-3-11-21-13-17/h3-11,13H,12H2,1-2H3,(H,22,26)(H,23,25). The summed E-state index contributed by atoms with van der Waals surface area (Å²) >= 11 is 0. The molecule has 1 aromatic carbocycles. The minimum absolute atomic E-state index is 0.126. The van der Waals surface area contributed by atoms with Gasteiger partial charge in [-0.15, -0.1) is 0 Å². The molecule has 3 rings (SSSR count). The van der Waals surface area contributed by atoms with Crippen molar-refractivity contribution in [2.24, 2.45) is 7.05 Å². The van der Waals surface area contributed by atoms with Crippen LogP contribution in [0.2, 0.25) is 0 Å². The highest BCUT2D eigenvalue weighted by Gasteiger charge is 2.11. The van der Waals surface area contributed by atoms with Gasteiger partial charge >= 0.3 is 0 Å². The van der Waals surface area contributed by atoms with Crippen molar-refractivity contribution < 1.29 is 9.59 Å². The summed E-state index contributed by atoms with van der Waals surface area (Å²) in [5.74, 6) is -0.327. The first-order valence-corrected chi connectivity index (χ1v) is 8.25. The molecule has 0 atom stereocenters. The molecule has 2 amide bonds. The minimum atomic E-state index is -0.201. The Kier molecular flexibility index (Phi) is 5.12. The topological polar surface area (TPSA) is 76.0 Å². The Morgan fingerprint density at radius 2 is 1.81 bits per heavy atom. The molecule has 6 heteroatoms. The van der Waals surface area contributed by atoms with Crippen LogP contribution in [-0.2, 0) is 13.6 Å². The van der Waals surface area contributed by atoms with Crippen molar-refractivity contribution in [3.05, 3.63) is 83.4 Å². The van der Waals surface area contributed by atoms with Crippen LogP contribution in [0.3, 0.4) is 0 Å². The number of aryl methyl sites for hydroxylation is 1. The van der Waals surface area contributed by atoms with Gasteiger partial charge in [-0.25, -0.2) is 0 Å². The van der Waals surface area contributed by atoms with E-state index < -0.39 is 0 Å². The lowest BCUT2D eigenvalue weighted by Gasteiger charge is -2.08. The zero-order valence-corrected chi connectivity index (χ0v) is 14.7. The van der Waals surface area contributed by atoms with Crippen molar-refractivity contribution >= 4 is 17.5 Å². The monoisotopic (exact) mass is 348 g/mol. The SMILES string of the molecule is Cc1ccc(C(=O)NCc2ccc(C(=O)Nc3cccnc3)cc2)n1C. The fourth-order valence-electron chi connectivity index (χ4n) is 2.53. The first-order chi connectivity index (χ1) is 12.5. The lowest BCUT2D eigenvalue weighted by molar-refractivity contribution is 0.0941. The molecule has 0 saturated carbocycles. The Morgan fingerprint density at radius 1 is 1.04 bits per heavy atom. The molecule has 0 aliphatic carbocycles. The maximum atomic E-state index is 12.2. The second kappa shape index (κ2) is 7.65. The first-order valence-electron chi connectivity index (χ1n) is 8.25. The maximum Gasteiger partial charge on any atom is 0.268 e. The predicted molar refractivity (Wildman–Crippen MR) is 100.0 cm³/mol. The number of anilines is 1. The zero-order valence-electron chi connectivity index (χ0n) is 14.7. The number of carbonyl (C=O) groups excluding carboxylic acids is 2. The molecule has 0 fully saturated rings. The van der Waals surface area contributed by atoms with E-state index in [4.69, 9.17) is 0 Å². The van der Waals surface area contributed by atoms with Crippen LogP contribution in [-0.4, -0.2) is 21.4 Å². The second-order valence-corrected chi connectivity index (χ2v) is 5.99. The first kappa shape index (κ1) is 17.4. The third-order valence-corrected chi connectivity index (χ3v) is 4.19. The third-order valence-electron chi connectivity index (χ3n) is 4.19. The molecule has 2 N–H and O–H groups in total. The molecule has 6 nitrogen and oxygen atoms in total. The van der Waals surface area contributed by atoms with Crippen LogP contribution in [0.5, 0.6) is 0 Å². The number of hydrogen-bond donors (Lipinski definition) is 2. The molecule has 26 heavy (non-hydrogen) atoms. The van der Waals surface area contributed by atoms with Gasteiger partial charge in [-0.05, 0) is 48.9 Å². The van der Waals surface area contributed by atoms with Crippen LogP contribution in [0, 0.1) is 6.92 Å². The summed E-state index contributed by atoms with van der Waals surface area (Å²) in [5.41, 5.74) is 3.75. The van der Waals surface area contributed by atoms with E-state index in [0.29, 0.717) is 23.5 Å². The molecular weight excluding hydrogens is 328 g/mol. The molecular formula is C20H20N4O2. The fraction of sp³-hybridized carbons (Fsp3) is 0.150. The number of nitrogens with zero attached hydrogens (tertiary/aromatic N) is 2. The van der Waals surface area contributed by atoms with Crippen LogP contribution in [0.4, 0.5) is 5.69 Å². The lowest BCUT2D eigenvalue weighted by Crippen LogP contribution is -2.25. The summed E-state index contributed by atoms with van der Waals surface area (Å²) in [6.45, 7) is 2.35. The highest BCUT2D eigenvalue weighted by Crippen LogP contribution is 2.10. The Labute approximate surface area is 151 Å². The van der Waals surface area contributed by atoms with E-state index >= 15 is 0 Å². The van der Waals surface area contributed by atoms with Gasteiger partial charge in [0.1, 0.15) is 5.69 Å². The zero-order chi connectivity index (χ0) is 18.5. The summed E-state index contributed by atoms with van der Waals surface area (Å²) in [4.78, 5) is 28.4. The van der Waals surface area contributed by atoms with Gasteiger partial charge in [-0.2, -0.15) is 0 Å². The summed E-state index contributed by atoms with van der Waals surface area (Å²) in [5, 5.41) is 5.67. The predicted octanol–water partition coefficient (Wildman–Crippen LogP) is 2.91. The van der Waals surface area contributed by atoms with Gasteiger partial charge in [0.2, 0.25) is 0 Å². The molecule has 3 aromatic rings. The minimum Gasteiger partial charge on any atom is -0.347 e. The summed E-state index contributed by atoms with van der Waals surface area (Å²) in [6.07, 6.45) is 3.24. The number of nitrogens with one attached hydrogen (secondary N) is 2. The van der Waals surface area contributed by atoms with Gasteiger partial charge in [0.25, 0.3) is 11.8 Å². The molecule has 132 valence electrons. The van der Waals surface area contributed by atoms with Crippen LogP contribution < -0.4 is 10.6 Å². The molecule has 2 aromatic heterocycles. The van der Waals surface area contributed by atoms with Crippen LogP contribution in [0.1, 0.15) is 32.1 Å². The van der Waals surface area contributed by atoms with E-state index in [1.165, 1.54) is 0 Å². The van der Waals surface area contributed by atoms with Gasteiger partial charge in [-0.3, -0.25) is 14.6 Å². The van der Waals surface area contributed by atoms with Gasteiger partial charge in [-0.1, -0.05) is 12.1 Å². The van der Waals surface area contributed by atoms with E-state index in [0.717, 1.165) is 11.3 Å². The van der Waals surface area contributed by atoms with Gasteiger partial charge in [0.05, 0.1) is 11.9 Å². The number of carbonyl (C=O) groups is 2. The fourth-order valence-corrected chi connectivity index (χ4v) is 2.53.